The molecular weight excluding hydrogens is 496 g/mol. The number of fused-ring (bicyclic) bond motifs is 4. The third kappa shape index (κ3) is 4.10. The largest absolute Gasteiger partial charge is 0.507 e. The summed E-state index contributed by atoms with van der Waals surface area (Å²) < 4.78 is 8.20. The lowest BCUT2D eigenvalue weighted by Crippen LogP contribution is -2.10. The van der Waals surface area contributed by atoms with Crippen LogP contribution >= 0.6 is 0 Å². The van der Waals surface area contributed by atoms with Crippen LogP contribution in [0.5, 0.6) is 11.8 Å². The highest BCUT2D eigenvalue weighted by Crippen LogP contribution is 2.37. The van der Waals surface area contributed by atoms with Gasteiger partial charge in [-0.3, -0.25) is 0 Å². The van der Waals surface area contributed by atoms with Gasteiger partial charge in [0, 0.05) is 22.0 Å². The Morgan fingerprint density at radius 1 is 0.650 bits per heavy atom. The van der Waals surface area contributed by atoms with Crippen molar-refractivity contribution in [2.45, 2.75) is 20.0 Å². The summed E-state index contributed by atoms with van der Waals surface area (Å²) in [7, 11) is 0. The van der Waals surface area contributed by atoms with Crippen LogP contribution < -0.4 is 4.74 Å². The van der Waals surface area contributed by atoms with Crippen molar-refractivity contribution < 1.29 is 9.84 Å². The number of hydrogen-bond acceptors (Lipinski definition) is 5. The molecule has 194 valence electrons. The van der Waals surface area contributed by atoms with Gasteiger partial charge in [0.05, 0.1) is 22.7 Å². The number of aromatic hydroxyl groups is 1. The standard InChI is InChI=1S/C34H26N4O2/c1-21(2)40-34-36-32(35-33(37-34)26-14-8-9-15-31(26)39)24-16-17-29-27(19-24)28-18-22-10-6-7-11-23(22)20-30(28)38(29)25-12-4-3-5-13-25/h3-21,39H,1-2H3. The fraction of sp³-hybridized carbons (Fsp3) is 0.0882. The van der Waals surface area contributed by atoms with E-state index in [0.29, 0.717) is 17.2 Å². The molecule has 5 aromatic carbocycles. The lowest BCUT2D eigenvalue weighted by Gasteiger charge is -2.12. The molecule has 0 radical (unpaired) electrons. The maximum absolute atomic E-state index is 10.5. The Balaban J connectivity index is 1.49. The van der Waals surface area contributed by atoms with Gasteiger partial charge < -0.3 is 14.4 Å². The molecule has 0 aliphatic carbocycles. The summed E-state index contributed by atoms with van der Waals surface area (Å²) in [5.74, 6) is 0.937. The molecule has 0 atom stereocenters. The maximum atomic E-state index is 10.5. The van der Waals surface area contributed by atoms with Crippen molar-refractivity contribution in [3.05, 3.63) is 109 Å². The van der Waals surface area contributed by atoms with Crippen LogP contribution in [0.15, 0.2) is 109 Å². The lowest BCUT2D eigenvalue weighted by molar-refractivity contribution is 0.222. The molecular formula is C34H26N4O2. The first-order chi connectivity index (χ1) is 19.5. The zero-order valence-corrected chi connectivity index (χ0v) is 22.1. The fourth-order valence-electron chi connectivity index (χ4n) is 5.23. The van der Waals surface area contributed by atoms with E-state index in [1.54, 1.807) is 18.2 Å². The van der Waals surface area contributed by atoms with Gasteiger partial charge in [-0.1, -0.05) is 54.6 Å². The molecule has 0 bridgehead atoms. The van der Waals surface area contributed by atoms with Gasteiger partial charge in [0.15, 0.2) is 11.6 Å². The molecule has 0 unspecified atom stereocenters. The summed E-state index contributed by atoms with van der Waals surface area (Å²) >= 11 is 0. The Kier molecular flexibility index (Phi) is 5.67. The monoisotopic (exact) mass is 522 g/mol. The Hall–Kier alpha value is -5.23. The van der Waals surface area contributed by atoms with Gasteiger partial charge in [-0.05, 0) is 79.2 Å². The van der Waals surface area contributed by atoms with Gasteiger partial charge in [0.2, 0.25) is 0 Å². The minimum absolute atomic E-state index is 0.100. The number of benzene rings is 5. The lowest BCUT2D eigenvalue weighted by atomic mass is 10.0. The SMILES string of the molecule is CC(C)Oc1nc(-c2ccc3c(c2)c2cc4ccccc4cc2n3-c2ccccc2)nc(-c2ccccc2O)n1. The quantitative estimate of drug-likeness (QED) is 0.248. The number of aromatic nitrogens is 4. The molecule has 7 rings (SSSR count). The summed E-state index contributed by atoms with van der Waals surface area (Å²) in [6.45, 7) is 3.86. The van der Waals surface area contributed by atoms with E-state index >= 15 is 0 Å². The van der Waals surface area contributed by atoms with Crippen molar-refractivity contribution in [2.24, 2.45) is 0 Å². The van der Waals surface area contributed by atoms with Gasteiger partial charge in [-0.25, -0.2) is 4.98 Å². The van der Waals surface area contributed by atoms with E-state index in [-0.39, 0.29) is 17.9 Å². The van der Waals surface area contributed by atoms with Crippen LogP contribution in [0.3, 0.4) is 0 Å². The van der Waals surface area contributed by atoms with Crippen molar-refractivity contribution in [3.63, 3.8) is 0 Å². The zero-order valence-electron chi connectivity index (χ0n) is 22.1. The summed E-state index contributed by atoms with van der Waals surface area (Å²) in [5.41, 5.74) is 4.67. The topological polar surface area (TPSA) is 73.1 Å². The summed E-state index contributed by atoms with van der Waals surface area (Å²) in [6.07, 6.45) is -0.118. The summed E-state index contributed by atoms with van der Waals surface area (Å²) in [6, 6.07) is 36.9. The van der Waals surface area contributed by atoms with Gasteiger partial charge >= 0.3 is 6.01 Å². The minimum atomic E-state index is -0.118. The molecule has 0 saturated heterocycles. The molecule has 0 fully saturated rings. The number of nitrogens with zero attached hydrogens (tertiary/aromatic N) is 4. The van der Waals surface area contributed by atoms with Crippen LogP contribution in [0.2, 0.25) is 0 Å². The second kappa shape index (κ2) is 9.50. The normalized spacial score (nSPS) is 11.6. The van der Waals surface area contributed by atoms with Gasteiger partial charge in [0.1, 0.15) is 5.75 Å². The number of phenolic OH excluding ortho intramolecular Hbond substituents is 1. The Labute approximate surface area is 231 Å². The Morgan fingerprint density at radius 2 is 1.32 bits per heavy atom. The van der Waals surface area contributed by atoms with Crippen molar-refractivity contribution >= 4 is 32.6 Å². The number of para-hydroxylation sites is 2. The first-order valence-electron chi connectivity index (χ1n) is 13.3. The molecule has 0 aliphatic heterocycles. The minimum Gasteiger partial charge on any atom is -0.507 e. The maximum Gasteiger partial charge on any atom is 0.320 e. The van der Waals surface area contributed by atoms with Crippen LogP contribution in [-0.4, -0.2) is 30.7 Å². The summed E-state index contributed by atoms with van der Waals surface area (Å²) in [4.78, 5) is 14.0. The number of phenols is 1. The third-order valence-corrected chi connectivity index (χ3v) is 7.01. The van der Waals surface area contributed by atoms with E-state index in [2.05, 4.69) is 87.3 Å². The van der Waals surface area contributed by atoms with Gasteiger partial charge in [0.25, 0.3) is 0 Å². The second-order valence-corrected chi connectivity index (χ2v) is 10.1. The van der Waals surface area contributed by atoms with Crippen LogP contribution in [0.4, 0.5) is 0 Å². The van der Waals surface area contributed by atoms with E-state index in [9.17, 15) is 5.11 Å². The van der Waals surface area contributed by atoms with Crippen molar-refractivity contribution in [2.75, 3.05) is 0 Å². The van der Waals surface area contributed by atoms with Crippen molar-refractivity contribution in [3.8, 4) is 40.2 Å². The van der Waals surface area contributed by atoms with Gasteiger partial charge in [-0.2, -0.15) is 9.97 Å². The van der Waals surface area contributed by atoms with E-state index < -0.39 is 0 Å². The van der Waals surface area contributed by atoms with E-state index in [0.717, 1.165) is 33.1 Å². The molecule has 40 heavy (non-hydrogen) atoms. The van der Waals surface area contributed by atoms with E-state index in [1.165, 1.54) is 10.8 Å². The number of ether oxygens (including phenoxy) is 1. The highest BCUT2D eigenvalue weighted by molar-refractivity contribution is 6.14. The van der Waals surface area contributed by atoms with Crippen LogP contribution in [-0.2, 0) is 0 Å². The smallest absolute Gasteiger partial charge is 0.320 e. The van der Waals surface area contributed by atoms with Crippen molar-refractivity contribution in [1.82, 2.24) is 19.5 Å². The van der Waals surface area contributed by atoms with Crippen molar-refractivity contribution in [1.29, 1.82) is 0 Å². The average molecular weight is 523 g/mol. The Morgan fingerprint density at radius 3 is 2.10 bits per heavy atom. The molecule has 2 aromatic heterocycles. The molecule has 2 heterocycles. The highest BCUT2D eigenvalue weighted by Gasteiger charge is 2.18. The zero-order chi connectivity index (χ0) is 27.2. The average Bonchev–Trinajstić information content (AvgIpc) is 3.28. The van der Waals surface area contributed by atoms with Crippen LogP contribution in [0.25, 0.3) is 61.0 Å². The van der Waals surface area contributed by atoms with E-state index in [1.807, 2.05) is 32.0 Å². The molecule has 6 heteroatoms. The summed E-state index contributed by atoms with van der Waals surface area (Å²) in [5, 5.41) is 15.1. The number of hydrogen-bond donors (Lipinski definition) is 1. The molecule has 0 spiro atoms. The fourth-order valence-corrected chi connectivity index (χ4v) is 5.23. The second-order valence-electron chi connectivity index (χ2n) is 10.1. The molecule has 1 N–H and O–H groups in total. The number of rotatable bonds is 5. The predicted octanol–water partition coefficient (Wildman–Crippen LogP) is 7.95. The first-order valence-corrected chi connectivity index (χ1v) is 13.3. The first kappa shape index (κ1) is 23.9. The third-order valence-electron chi connectivity index (χ3n) is 7.01. The molecule has 7 aromatic rings. The van der Waals surface area contributed by atoms with E-state index in [4.69, 9.17) is 9.72 Å². The van der Waals surface area contributed by atoms with Crippen LogP contribution in [0, 0.1) is 0 Å². The molecule has 0 saturated carbocycles. The molecule has 6 nitrogen and oxygen atoms in total. The predicted molar refractivity (Wildman–Crippen MR) is 160 cm³/mol. The van der Waals surface area contributed by atoms with Crippen LogP contribution in [0.1, 0.15) is 13.8 Å². The molecule has 0 aliphatic rings. The van der Waals surface area contributed by atoms with Gasteiger partial charge in [-0.15, -0.1) is 0 Å². The molecule has 0 amide bonds. The highest BCUT2D eigenvalue weighted by atomic mass is 16.5. The Bertz CT molecular complexity index is 2030.